The minimum absolute atomic E-state index is 0.0726. The monoisotopic (exact) mass is 382 g/mol. The Hall–Kier alpha value is -2.86. The predicted molar refractivity (Wildman–Crippen MR) is 105 cm³/mol. The highest BCUT2D eigenvalue weighted by molar-refractivity contribution is 6.31. The van der Waals surface area contributed by atoms with Gasteiger partial charge in [0.25, 0.3) is 0 Å². The number of aryl methyl sites for hydroxylation is 1. The van der Waals surface area contributed by atoms with Crippen LogP contribution in [0.2, 0.25) is 5.02 Å². The smallest absolute Gasteiger partial charge is 0.227 e. The molecule has 0 aliphatic carbocycles. The molecule has 1 atom stereocenters. The van der Waals surface area contributed by atoms with Gasteiger partial charge in [-0.05, 0) is 42.8 Å². The van der Waals surface area contributed by atoms with Crippen LogP contribution in [0.5, 0.6) is 0 Å². The van der Waals surface area contributed by atoms with E-state index in [1.165, 1.54) is 0 Å². The predicted octanol–water partition coefficient (Wildman–Crippen LogP) is 3.19. The first kappa shape index (κ1) is 17.5. The molecule has 1 fully saturated rings. The van der Waals surface area contributed by atoms with Crippen LogP contribution >= 0.6 is 11.6 Å². The number of aromatic nitrogens is 2. The number of fused-ring (bicyclic) bond motifs is 1. The van der Waals surface area contributed by atoms with Crippen LogP contribution < -0.4 is 10.2 Å². The van der Waals surface area contributed by atoms with Gasteiger partial charge in [-0.3, -0.25) is 9.59 Å². The molecule has 1 aromatic heterocycles. The zero-order valence-electron chi connectivity index (χ0n) is 14.8. The summed E-state index contributed by atoms with van der Waals surface area (Å²) in [6.07, 6.45) is 0.192. The van der Waals surface area contributed by atoms with Crippen molar-refractivity contribution in [3.05, 3.63) is 58.9 Å². The van der Waals surface area contributed by atoms with E-state index in [4.69, 9.17) is 11.6 Å². The molecular formula is C20H19ClN4O2. The van der Waals surface area contributed by atoms with Gasteiger partial charge in [0, 0.05) is 23.7 Å². The molecule has 7 heteroatoms. The van der Waals surface area contributed by atoms with Crippen molar-refractivity contribution in [1.82, 2.24) is 15.3 Å². The number of hydrogen-bond donors (Lipinski definition) is 2. The lowest BCUT2D eigenvalue weighted by atomic mass is 10.1. The molecule has 1 aliphatic heterocycles. The van der Waals surface area contributed by atoms with E-state index in [1.807, 2.05) is 31.2 Å². The maximum Gasteiger partial charge on any atom is 0.227 e. The van der Waals surface area contributed by atoms with Gasteiger partial charge >= 0.3 is 0 Å². The quantitative estimate of drug-likeness (QED) is 0.727. The molecule has 6 nitrogen and oxygen atoms in total. The van der Waals surface area contributed by atoms with Crippen LogP contribution in [0.1, 0.15) is 17.8 Å². The van der Waals surface area contributed by atoms with Gasteiger partial charge in [0.05, 0.1) is 23.5 Å². The molecule has 3 aromatic rings. The summed E-state index contributed by atoms with van der Waals surface area (Å²) < 4.78 is 0. The van der Waals surface area contributed by atoms with Gasteiger partial charge in [-0.15, -0.1) is 0 Å². The normalized spacial score (nSPS) is 16.9. The van der Waals surface area contributed by atoms with Crippen LogP contribution in [0.15, 0.2) is 42.5 Å². The third-order valence-electron chi connectivity index (χ3n) is 4.73. The molecule has 1 aliphatic rings. The summed E-state index contributed by atoms with van der Waals surface area (Å²) in [5, 5.41) is 3.45. The highest BCUT2D eigenvalue weighted by atomic mass is 35.5. The summed E-state index contributed by atoms with van der Waals surface area (Å²) in [6, 6.07) is 13.1. The molecule has 2 heterocycles. The number of benzene rings is 2. The van der Waals surface area contributed by atoms with Gasteiger partial charge in [0.15, 0.2) is 0 Å². The van der Waals surface area contributed by atoms with Crippen molar-refractivity contribution in [2.75, 3.05) is 11.4 Å². The first-order valence-corrected chi connectivity index (χ1v) is 9.16. The summed E-state index contributed by atoms with van der Waals surface area (Å²) >= 11 is 6.00. The lowest BCUT2D eigenvalue weighted by Gasteiger charge is -2.16. The molecule has 2 N–H and O–H groups in total. The summed E-state index contributed by atoms with van der Waals surface area (Å²) in [6.45, 7) is 2.67. The lowest BCUT2D eigenvalue weighted by molar-refractivity contribution is -0.126. The Labute approximate surface area is 161 Å². The van der Waals surface area contributed by atoms with Crippen LogP contribution in [-0.4, -0.2) is 28.3 Å². The van der Waals surface area contributed by atoms with Crippen LogP contribution in [0.25, 0.3) is 11.0 Å². The first-order chi connectivity index (χ1) is 13.0. The van der Waals surface area contributed by atoms with E-state index >= 15 is 0 Å². The Balaban J connectivity index is 1.40. The van der Waals surface area contributed by atoms with Gasteiger partial charge in [-0.1, -0.05) is 23.7 Å². The number of halogens is 1. The molecule has 138 valence electrons. The Kier molecular flexibility index (Phi) is 4.58. The number of rotatable bonds is 4. The minimum atomic E-state index is -0.386. The van der Waals surface area contributed by atoms with E-state index < -0.39 is 0 Å². The lowest BCUT2D eigenvalue weighted by Crippen LogP contribution is -2.32. The van der Waals surface area contributed by atoms with Gasteiger partial charge in [0.1, 0.15) is 5.82 Å². The van der Waals surface area contributed by atoms with Gasteiger partial charge in [-0.2, -0.15) is 0 Å². The molecule has 1 unspecified atom stereocenters. The zero-order chi connectivity index (χ0) is 19.0. The van der Waals surface area contributed by atoms with Gasteiger partial charge < -0.3 is 15.2 Å². The maximum atomic E-state index is 12.5. The van der Waals surface area contributed by atoms with E-state index in [-0.39, 0.29) is 24.2 Å². The second-order valence-electron chi connectivity index (χ2n) is 6.81. The largest absolute Gasteiger partial charge is 0.349 e. The summed E-state index contributed by atoms with van der Waals surface area (Å²) in [4.78, 5) is 34.1. The summed E-state index contributed by atoms with van der Waals surface area (Å²) in [7, 11) is 0. The topological polar surface area (TPSA) is 78.1 Å². The number of carbonyl (C=O) groups excluding carboxylic acids is 2. The standard InChI is InChI=1S/C20H19ClN4O2/c1-12-5-6-16-17(7-12)24-18(23-16)10-22-20(27)13-8-19(26)25(11-13)15-4-2-3-14(21)9-15/h2-7,9,13H,8,10-11H2,1H3,(H,22,27)(H,23,24). The highest BCUT2D eigenvalue weighted by Crippen LogP contribution is 2.27. The Morgan fingerprint density at radius 2 is 2.19 bits per heavy atom. The molecule has 0 spiro atoms. The number of hydrogen-bond acceptors (Lipinski definition) is 3. The van der Waals surface area contributed by atoms with Crippen LogP contribution in [0.4, 0.5) is 5.69 Å². The van der Waals surface area contributed by atoms with Crippen molar-refractivity contribution in [2.24, 2.45) is 5.92 Å². The molecule has 4 rings (SSSR count). The van der Waals surface area contributed by atoms with Crippen molar-refractivity contribution in [3.63, 3.8) is 0 Å². The van der Waals surface area contributed by atoms with Gasteiger partial charge in [0.2, 0.25) is 11.8 Å². The SMILES string of the molecule is Cc1ccc2nc(CNC(=O)C3CC(=O)N(c4cccc(Cl)c4)C3)[nH]c2c1. The average molecular weight is 383 g/mol. The molecule has 2 aromatic carbocycles. The molecule has 27 heavy (non-hydrogen) atoms. The fraction of sp³-hybridized carbons (Fsp3) is 0.250. The number of anilines is 1. The van der Waals surface area contributed by atoms with Crippen LogP contribution in [0.3, 0.4) is 0 Å². The minimum Gasteiger partial charge on any atom is -0.349 e. The van der Waals surface area contributed by atoms with Crippen molar-refractivity contribution in [1.29, 1.82) is 0 Å². The fourth-order valence-corrected chi connectivity index (χ4v) is 3.54. The number of amides is 2. The molecule has 1 saturated heterocycles. The number of carbonyl (C=O) groups is 2. The Morgan fingerprint density at radius 1 is 1.33 bits per heavy atom. The Morgan fingerprint density at radius 3 is 3.00 bits per heavy atom. The number of aromatic amines is 1. The van der Waals surface area contributed by atoms with E-state index in [9.17, 15) is 9.59 Å². The van der Waals surface area contributed by atoms with Crippen molar-refractivity contribution >= 4 is 40.1 Å². The zero-order valence-corrected chi connectivity index (χ0v) is 15.6. The van der Waals surface area contributed by atoms with Gasteiger partial charge in [-0.25, -0.2) is 4.98 Å². The third kappa shape index (κ3) is 3.66. The number of nitrogens with zero attached hydrogens (tertiary/aromatic N) is 2. The van der Waals surface area contributed by atoms with E-state index in [2.05, 4.69) is 15.3 Å². The number of imidazole rings is 1. The fourth-order valence-electron chi connectivity index (χ4n) is 3.35. The van der Waals surface area contributed by atoms with E-state index in [0.29, 0.717) is 23.9 Å². The molecule has 0 bridgehead atoms. The second-order valence-corrected chi connectivity index (χ2v) is 7.24. The maximum absolute atomic E-state index is 12.5. The first-order valence-electron chi connectivity index (χ1n) is 8.78. The summed E-state index contributed by atoms with van der Waals surface area (Å²) in [5.41, 5.74) is 3.68. The Bertz CT molecular complexity index is 1030. The van der Waals surface area contributed by atoms with E-state index in [0.717, 1.165) is 22.3 Å². The summed E-state index contributed by atoms with van der Waals surface area (Å²) in [5.74, 6) is 0.0872. The third-order valence-corrected chi connectivity index (χ3v) is 4.97. The van der Waals surface area contributed by atoms with Crippen LogP contribution in [-0.2, 0) is 16.1 Å². The molecular weight excluding hydrogens is 364 g/mol. The van der Waals surface area contributed by atoms with Crippen molar-refractivity contribution in [2.45, 2.75) is 19.9 Å². The van der Waals surface area contributed by atoms with E-state index in [1.54, 1.807) is 23.1 Å². The second kappa shape index (κ2) is 7.04. The number of nitrogens with one attached hydrogen (secondary N) is 2. The highest BCUT2D eigenvalue weighted by Gasteiger charge is 2.35. The van der Waals surface area contributed by atoms with Crippen LogP contribution in [0, 0.1) is 12.8 Å². The molecule has 0 radical (unpaired) electrons. The molecule has 0 saturated carbocycles. The number of H-pyrrole nitrogens is 1. The van der Waals surface area contributed by atoms with Crippen molar-refractivity contribution in [3.8, 4) is 0 Å². The van der Waals surface area contributed by atoms with Crippen molar-refractivity contribution < 1.29 is 9.59 Å². The molecule has 2 amide bonds. The average Bonchev–Trinajstić information content (AvgIpc) is 3.22.